The Bertz CT molecular complexity index is 189. The number of ketones is 1. The van der Waals surface area contributed by atoms with Gasteiger partial charge < -0.3 is 0 Å². The Hall–Kier alpha value is -0.850. The topological polar surface area (TPSA) is 17.1 Å². The molecule has 11 heavy (non-hydrogen) atoms. The number of rotatable bonds is 3. The van der Waals surface area contributed by atoms with Crippen molar-refractivity contribution in [1.29, 1.82) is 0 Å². The first-order valence-corrected chi connectivity index (χ1v) is 4.12. The molecule has 0 bridgehead atoms. The zero-order valence-electron chi connectivity index (χ0n) is 6.92. The molecule has 0 heterocycles. The van der Waals surface area contributed by atoms with Crippen LogP contribution in [0.3, 0.4) is 0 Å². The van der Waals surface area contributed by atoms with E-state index in [1.54, 1.807) is 6.92 Å². The molecular weight excluding hydrogens is 136 g/mol. The van der Waals surface area contributed by atoms with Gasteiger partial charge in [0.25, 0.3) is 0 Å². The highest BCUT2D eigenvalue weighted by molar-refractivity contribution is 5.76. The zero-order chi connectivity index (χ0) is 8.10. The van der Waals surface area contributed by atoms with E-state index < -0.39 is 0 Å². The highest BCUT2D eigenvalue weighted by Gasteiger charge is 2.03. The minimum atomic E-state index is 0.239. The predicted octanol–water partition coefficient (Wildman–Crippen LogP) is 2.49. The molecule has 1 nitrogen and oxygen atoms in total. The van der Waals surface area contributed by atoms with E-state index in [2.05, 4.69) is 18.2 Å². The second-order valence-corrected chi connectivity index (χ2v) is 3.00. The SMILES string of the molecule is CC(=O)CC=CC1C=CCC1. The van der Waals surface area contributed by atoms with Crippen LogP contribution >= 0.6 is 0 Å². The summed E-state index contributed by atoms with van der Waals surface area (Å²) in [4.78, 5) is 10.5. The summed E-state index contributed by atoms with van der Waals surface area (Å²) in [5.41, 5.74) is 0. The molecule has 0 spiro atoms. The van der Waals surface area contributed by atoms with E-state index in [4.69, 9.17) is 0 Å². The number of Topliss-reactive ketones (excluding diaryl/α,β-unsaturated/α-hetero) is 1. The van der Waals surface area contributed by atoms with E-state index in [1.807, 2.05) is 6.08 Å². The molecule has 0 aromatic rings. The molecule has 0 radical (unpaired) electrons. The molecule has 1 aliphatic rings. The quantitative estimate of drug-likeness (QED) is 0.565. The zero-order valence-corrected chi connectivity index (χ0v) is 6.92. The molecule has 1 unspecified atom stereocenters. The summed E-state index contributed by atoms with van der Waals surface area (Å²) < 4.78 is 0. The van der Waals surface area contributed by atoms with Gasteiger partial charge in [-0.3, -0.25) is 4.79 Å². The lowest BCUT2D eigenvalue weighted by atomic mass is 10.1. The normalized spacial score (nSPS) is 23.2. The third-order valence-electron chi connectivity index (χ3n) is 1.84. The number of allylic oxidation sites excluding steroid dienone is 4. The van der Waals surface area contributed by atoms with Crippen LogP contribution in [-0.4, -0.2) is 5.78 Å². The fourth-order valence-electron chi connectivity index (χ4n) is 1.23. The van der Waals surface area contributed by atoms with Gasteiger partial charge in [0.05, 0.1) is 0 Å². The maximum absolute atomic E-state index is 10.5. The maximum Gasteiger partial charge on any atom is 0.133 e. The van der Waals surface area contributed by atoms with Crippen molar-refractivity contribution in [3.05, 3.63) is 24.3 Å². The van der Waals surface area contributed by atoms with Crippen LogP contribution in [0, 0.1) is 5.92 Å². The third-order valence-corrected chi connectivity index (χ3v) is 1.84. The molecule has 1 atom stereocenters. The van der Waals surface area contributed by atoms with Gasteiger partial charge in [0.1, 0.15) is 5.78 Å². The van der Waals surface area contributed by atoms with Crippen molar-refractivity contribution in [3.63, 3.8) is 0 Å². The lowest BCUT2D eigenvalue weighted by molar-refractivity contribution is -0.116. The average Bonchev–Trinajstić information content (AvgIpc) is 2.39. The van der Waals surface area contributed by atoms with Gasteiger partial charge in [-0.25, -0.2) is 0 Å². The van der Waals surface area contributed by atoms with E-state index in [-0.39, 0.29) is 5.78 Å². The fraction of sp³-hybridized carbons (Fsp3) is 0.500. The number of carbonyl (C=O) groups is 1. The smallest absolute Gasteiger partial charge is 0.133 e. The molecular formula is C10H14O. The van der Waals surface area contributed by atoms with Crippen molar-refractivity contribution in [2.45, 2.75) is 26.2 Å². The largest absolute Gasteiger partial charge is 0.300 e. The molecule has 0 aliphatic heterocycles. The van der Waals surface area contributed by atoms with Crippen molar-refractivity contribution >= 4 is 5.78 Å². The Morgan fingerprint density at radius 1 is 1.73 bits per heavy atom. The van der Waals surface area contributed by atoms with Crippen LogP contribution in [0.15, 0.2) is 24.3 Å². The molecule has 0 N–H and O–H groups in total. The molecule has 0 fully saturated rings. The fourth-order valence-corrected chi connectivity index (χ4v) is 1.23. The summed E-state index contributed by atoms with van der Waals surface area (Å²) in [6.45, 7) is 1.62. The first kappa shape index (κ1) is 8.25. The predicted molar refractivity (Wildman–Crippen MR) is 46.3 cm³/mol. The van der Waals surface area contributed by atoms with E-state index in [0.717, 1.165) is 0 Å². The summed E-state index contributed by atoms with van der Waals surface area (Å²) in [6, 6.07) is 0. The van der Waals surface area contributed by atoms with Crippen molar-refractivity contribution in [3.8, 4) is 0 Å². The van der Waals surface area contributed by atoms with Crippen LogP contribution in [-0.2, 0) is 4.79 Å². The van der Waals surface area contributed by atoms with Crippen LogP contribution in [0.2, 0.25) is 0 Å². The summed E-state index contributed by atoms with van der Waals surface area (Å²) in [7, 11) is 0. The number of hydrogen-bond donors (Lipinski definition) is 0. The van der Waals surface area contributed by atoms with E-state index >= 15 is 0 Å². The van der Waals surface area contributed by atoms with Crippen LogP contribution < -0.4 is 0 Å². The Labute approximate surface area is 67.8 Å². The molecule has 1 heteroatoms. The van der Waals surface area contributed by atoms with Crippen LogP contribution in [0.4, 0.5) is 0 Å². The van der Waals surface area contributed by atoms with Gasteiger partial charge in [-0.1, -0.05) is 24.3 Å². The Kier molecular flexibility index (Phi) is 3.09. The second-order valence-electron chi connectivity index (χ2n) is 3.00. The second kappa shape index (κ2) is 4.12. The van der Waals surface area contributed by atoms with Gasteiger partial charge >= 0.3 is 0 Å². The Morgan fingerprint density at radius 2 is 2.55 bits per heavy atom. The first-order chi connectivity index (χ1) is 5.29. The van der Waals surface area contributed by atoms with Gasteiger partial charge in [0, 0.05) is 6.42 Å². The van der Waals surface area contributed by atoms with E-state index in [1.165, 1.54) is 12.8 Å². The van der Waals surface area contributed by atoms with Gasteiger partial charge in [0.15, 0.2) is 0 Å². The Morgan fingerprint density at radius 3 is 3.09 bits per heavy atom. The highest BCUT2D eigenvalue weighted by atomic mass is 16.1. The molecule has 0 aromatic heterocycles. The molecule has 0 aromatic carbocycles. The average molecular weight is 150 g/mol. The molecule has 0 amide bonds. The molecule has 0 saturated heterocycles. The van der Waals surface area contributed by atoms with Crippen molar-refractivity contribution in [2.24, 2.45) is 5.92 Å². The van der Waals surface area contributed by atoms with E-state index in [9.17, 15) is 4.79 Å². The monoisotopic (exact) mass is 150 g/mol. The maximum atomic E-state index is 10.5. The van der Waals surface area contributed by atoms with Crippen molar-refractivity contribution in [1.82, 2.24) is 0 Å². The third kappa shape index (κ3) is 3.17. The van der Waals surface area contributed by atoms with Gasteiger partial charge in [-0.15, -0.1) is 0 Å². The van der Waals surface area contributed by atoms with Crippen LogP contribution in [0.25, 0.3) is 0 Å². The lowest BCUT2D eigenvalue weighted by Crippen LogP contribution is -1.87. The van der Waals surface area contributed by atoms with Crippen LogP contribution in [0.1, 0.15) is 26.2 Å². The highest BCUT2D eigenvalue weighted by Crippen LogP contribution is 2.17. The minimum absolute atomic E-state index is 0.239. The van der Waals surface area contributed by atoms with Crippen LogP contribution in [0.5, 0.6) is 0 Å². The first-order valence-electron chi connectivity index (χ1n) is 4.12. The van der Waals surface area contributed by atoms with E-state index in [0.29, 0.717) is 12.3 Å². The minimum Gasteiger partial charge on any atom is -0.300 e. The summed E-state index contributed by atoms with van der Waals surface area (Å²) in [5.74, 6) is 0.831. The summed E-state index contributed by atoms with van der Waals surface area (Å²) in [6.07, 6.45) is 11.5. The van der Waals surface area contributed by atoms with Crippen molar-refractivity contribution < 1.29 is 4.79 Å². The number of carbonyl (C=O) groups excluding carboxylic acids is 1. The van der Waals surface area contributed by atoms with Crippen molar-refractivity contribution in [2.75, 3.05) is 0 Å². The molecule has 60 valence electrons. The Balaban J connectivity index is 2.23. The van der Waals surface area contributed by atoms with Gasteiger partial charge in [0.2, 0.25) is 0 Å². The standard InChI is InChI=1S/C10H14O/c1-9(11)5-4-8-10-6-2-3-7-10/h2,4,6,8,10H,3,5,7H2,1H3. The molecule has 1 rings (SSSR count). The summed E-state index contributed by atoms with van der Waals surface area (Å²) >= 11 is 0. The number of hydrogen-bond acceptors (Lipinski definition) is 1. The molecule has 0 saturated carbocycles. The molecule has 1 aliphatic carbocycles. The lowest BCUT2D eigenvalue weighted by Gasteiger charge is -1.96. The van der Waals surface area contributed by atoms with Gasteiger partial charge in [-0.05, 0) is 25.7 Å². The van der Waals surface area contributed by atoms with Gasteiger partial charge in [-0.2, -0.15) is 0 Å². The summed E-state index contributed by atoms with van der Waals surface area (Å²) in [5, 5.41) is 0.